The van der Waals surface area contributed by atoms with Crippen LogP contribution in [0, 0.1) is 0 Å². The van der Waals surface area contributed by atoms with Crippen molar-refractivity contribution in [3.8, 4) is 28.5 Å². The lowest BCUT2D eigenvalue weighted by atomic mass is 10.2. The molecular formula is C22H18ClN7. The summed E-state index contributed by atoms with van der Waals surface area (Å²) >= 11 is 5.98. The highest BCUT2D eigenvalue weighted by Crippen LogP contribution is 2.31. The van der Waals surface area contributed by atoms with Crippen LogP contribution < -0.4 is 5.73 Å². The van der Waals surface area contributed by atoms with Gasteiger partial charge >= 0.3 is 0 Å². The predicted octanol–water partition coefficient (Wildman–Crippen LogP) is 4.20. The van der Waals surface area contributed by atoms with Crippen molar-refractivity contribution in [3.05, 3.63) is 72.6 Å². The van der Waals surface area contributed by atoms with E-state index in [0.29, 0.717) is 17.5 Å². The first-order valence-electron chi connectivity index (χ1n) is 9.39. The number of fused-ring (bicyclic) bond motifs is 1. The molecule has 4 aromatic heterocycles. The quantitative estimate of drug-likeness (QED) is 0.444. The van der Waals surface area contributed by atoms with Crippen LogP contribution in [0.4, 0.5) is 5.82 Å². The van der Waals surface area contributed by atoms with Gasteiger partial charge in [-0.25, -0.2) is 15.0 Å². The summed E-state index contributed by atoms with van der Waals surface area (Å²) in [5.41, 5.74) is 12.1. The highest BCUT2D eigenvalue weighted by atomic mass is 35.5. The first-order chi connectivity index (χ1) is 14.7. The minimum absolute atomic E-state index is 0.415. The largest absolute Gasteiger partial charge is 0.383 e. The second-order valence-corrected chi connectivity index (χ2v) is 7.15. The maximum Gasteiger partial charge on any atom is 0.165 e. The molecule has 5 aromatic rings. The third-order valence-electron chi connectivity index (χ3n) is 5.02. The van der Waals surface area contributed by atoms with Gasteiger partial charge in [-0.1, -0.05) is 12.1 Å². The number of hydrogen-bond donors (Lipinski definition) is 1. The fourth-order valence-corrected chi connectivity index (χ4v) is 3.67. The van der Waals surface area contributed by atoms with E-state index in [4.69, 9.17) is 27.3 Å². The highest BCUT2D eigenvalue weighted by molar-refractivity contribution is 6.17. The Kier molecular flexibility index (Phi) is 4.44. The van der Waals surface area contributed by atoms with Gasteiger partial charge in [-0.2, -0.15) is 5.10 Å². The van der Waals surface area contributed by atoms with Gasteiger partial charge in [-0.3, -0.25) is 9.25 Å². The summed E-state index contributed by atoms with van der Waals surface area (Å²) in [5, 5.41) is 4.25. The Morgan fingerprint density at radius 3 is 2.50 bits per heavy atom. The number of benzene rings is 1. The number of alkyl halides is 1. The average molecular weight is 416 g/mol. The number of rotatable bonds is 4. The van der Waals surface area contributed by atoms with Crippen LogP contribution in [0.5, 0.6) is 0 Å². The zero-order chi connectivity index (χ0) is 20.7. The number of halogens is 1. The number of anilines is 1. The summed E-state index contributed by atoms with van der Waals surface area (Å²) < 4.78 is 3.80. The number of imidazole rings is 1. The zero-order valence-corrected chi connectivity index (χ0v) is 17.0. The zero-order valence-electron chi connectivity index (χ0n) is 16.2. The Hall–Kier alpha value is -3.71. The Balaban J connectivity index is 1.80. The summed E-state index contributed by atoms with van der Waals surface area (Å²) in [4.78, 5) is 14.0. The molecule has 0 aliphatic rings. The van der Waals surface area contributed by atoms with Gasteiger partial charge in [0.15, 0.2) is 11.5 Å². The maximum absolute atomic E-state index is 6.18. The predicted molar refractivity (Wildman–Crippen MR) is 118 cm³/mol. The van der Waals surface area contributed by atoms with Crippen LogP contribution in [0.3, 0.4) is 0 Å². The number of aromatic nitrogens is 6. The van der Waals surface area contributed by atoms with E-state index in [9.17, 15) is 0 Å². The maximum atomic E-state index is 6.18. The van der Waals surface area contributed by atoms with Gasteiger partial charge in [0.05, 0.1) is 17.0 Å². The first kappa shape index (κ1) is 18.3. The number of nitrogens with two attached hydrogens (primary N) is 1. The van der Waals surface area contributed by atoms with Gasteiger partial charge in [0.25, 0.3) is 0 Å². The number of pyridine rings is 2. The average Bonchev–Trinajstić information content (AvgIpc) is 3.37. The molecule has 5 rings (SSSR count). The Morgan fingerprint density at radius 1 is 0.967 bits per heavy atom. The molecule has 1 aromatic carbocycles. The van der Waals surface area contributed by atoms with E-state index >= 15 is 0 Å². The Bertz CT molecular complexity index is 1350. The van der Waals surface area contributed by atoms with Crippen molar-refractivity contribution in [3.63, 3.8) is 0 Å². The molecule has 0 unspecified atom stereocenters. The second kappa shape index (κ2) is 7.27. The van der Waals surface area contributed by atoms with Crippen LogP contribution in [-0.2, 0) is 12.9 Å². The number of aryl methyl sites for hydroxylation is 1. The summed E-state index contributed by atoms with van der Waals surface area (Å²) in [5.74, 6) is 1.55. The SMILES string of the molecule is Cn1nccc1-c1ccc2nc(-c3cccnc3N)n(-c3ccc(CCl)cc3)c2n1. The molecule has 0 aliphatic heterocycles. The van der Waals surface area contributed by atoms with Crippen molar-refractivity contribution in [1.29, 1.82) is 0 Å². The highest BCUT2D eigenvalue weighted by Gasteiger charge is 2.19. The molecule has 0 atom stereocenters. The minimum Gasteiger partial charge on any atom is -0.383 e. The van der Waals surface area contributed by atoms with Crippen molar-refractivity contribution in [2.75, 3.05) is 5.73 Å². The molecule has 0 bridgehead atoms. The lowest BCUT2D eigenvalue weighted by molar-refractivity contribution is 0.773. The van der Waals surface area contributed by atoms with E-state index in [1.807, 2.05) is 66.2 Å². The third kappa shape index (κ3) is 3.00. The van der Waals surface area contributed by atoms with Crippen molar-refractivity contribution in [1.82, 2.24) is 29.3 Å². The van der Waals surface area contributed by atoms with Gasteiger partial charge in [-0.15, -0.1) is 11.6 Å². The molecule has 30 heavy (non-hydrogen) atoms. The van der Waals surface area contributed by atoms with Crippen LogP contribution in [0.1, 0.15) is 5.56 Å². The molecule has 8 heteroatoms. The summed E-state index contributed by atoms with van der Waals surface area (Å²) in [6.07, 6.45) is 3.42. The van der Waals surface area contributed by atoms with Crippen LogP contribution in [0.25, 0.3) is 39.6 Å². The van der Waals surface area contributed by atoms with Crippen molar-refractivity contribution in [2.45, 2.75) is 5.88 Å². The Labute approximate surface area is 177 Å². The van der Waals surface area contributed by atoms with E-state index in [1.54, 1.807) is 17.1 Å². The molecule has 0 aliphatic carbocycles. The standard InChI is InChI=1S/C22H18ClN7/c1-29-19(10-12-26-29)17-8-9-18-22(27-17)30(15-6-4-14(13-23)5-7-15)21(28-18)16-3-2-11-25-20(16)24/h2-12H,13H2,1H3,(H2,24,25). The van der Waals surface area contributed by atoms with Gasteiger partial charge in [-0.05, 0) is 48.0 Å². The first-order valence-corrected chi connectivity index (χ1v) is 9.93. The Morgan fingerprint density at radius 2 is 1.80 bits per heavy atom. The lowest BCUT2D eigenvalue weighted by Crippen LogP contribution is -2.02. The molecule has 148 valence electrons. The second-order valence-electron chi connectivity index (χ2n) is 6.89. The molecule has 0 saturated heterocycles. The van der Waals surface area contributed by atoms with Gasteiger partial charge in [0, 0.05) is 31.0 Å². The third-order valence-corrected chi connectivity index (χ3v) is 5.32. The van der Waals surface area contributed by atoms with E-state index in [0.717, 1.165) is 39.4 Å². The van der Waals surface area contributed by atoms with Crippen molar-refractivity contribution < 1.29 is 0 Å². The molecular weight excluding hydrogens is 398 g/mol. The fraction of sp³-hybridized carbons (Fsp3) is 0.0909. The van der Waals surface area contributed by atoms with Crippen LogP contribution in [-0.4, -0.2) is 29.3 Å². The van der Waals surface area contributed by atoms with Crippen molar-refractivity contribution >= 4 is 28.6 Å². The van der Waals surface area contributed by atoms with Crippen LogP contribution in [0.15, 0.2) is 67.0 Å². The molecule has 4 heterocycles. The summed E-state index contributed by atoms with van der Waals surface area (Å²) in [7, 11) is 1.89. The summed E-state index contributed by atoms with van der Waals surface area (Å²) in [6, 6.07) is 17.6. The summed E-state index contributed by atoms with van der Waals surface area (Å²) in [6.45, 7) is 0. The number of nitrogens with zero attached hydrogens (tertiary/aromatic N) is 6. The van der Waals surface area contributed by atoms with Gasteiger partial charge < -0.3 is 5.73 Å². The normalized spacial score (nSPS) is 11.3. The smallest absolute Gasteiger partial charge is 0.165 e. The molecule has 0 radical (unpaired) electrons. The van der Waals surface area contributed by atoms with Crippen LogP contribution in [0.2, 0.25) is 0 Å². The van der Waals surface area contributed by atoms with Gasteiger partial charge in [0.2, 0.25) is 0 Å². The molecule has 7 nitrogen and oxygen atoms in total. The monoisotopic (exact) mass is 415 g/mol. The number of nitrogen functional groups attached to an aromatic ring is 1. The molecule has 0 fully saturated rings. The van der Waals surface area contributed by atoms with E-state index in [2.05, 4.69) is 10.1 Å². The fourth-order valence-electron chi connectivity index (χ4n) is 3.49. The molecule has 0 amide bonds. The van der Waals surface area contributed by atoms with E-state index in [-0.39, 0.29) is 0 Å². The van der Waals surface area contributed by atoms with Gasteiger partial charge in [0.1, 0.15) is 11.3 Å². The topological polar surface area (TPSA) is 87.4 Å². The molecule has 0 saturated carbocycles. The van der Waals surface area contributed by atoms with Crippen LogP contribution >= 0.6 is 11.6 Å². The lowest BCUT2D eigenvalue weighted by Gasteiger charge is -2.11. The number of hydrogen-bond acceptors (Lipinski definition) is 5. The minimum atomic E-state index is 0.415. The van der Waals surface area contributed by atoms with E-state index in [1.165, 1.54) is 0 Å². The van der Waals surface area contributed by atoms with Crippen molar-refractivity contribution in [2.24, 2.45) is 7.05 Å². The molecule has 2 N–H and O–H groups in total. The van der Waals surface area contributed by atoms with E-state index < -0.39 is 0 Å². The molecule has 0 spiro atoms.